The van der Waals surface area contributed by atoms with Crippen LogP contribution in [0.1, 0.15) is 47.3 Å². The largest absolute Gasteiger partial charge is 0.320 e. The predicted molar refractivity (Wildman–Crippen MR) is 101 cm³/mol. The SMILES string of the molecule is Cc1c(C(=O)CBr)ccn1-c1ccc(C#N)cc1.N#CCCC1CC1. The van der Waals surface area contributed by atoms with Crippen LogP contribution in [0, 0.1) is 35.5 Å². The minimum Gasteiger partial charge on any atom is -0.320 e. The lowest BCUT2D eigenvalue weighted by atomic mass is 10.2. The van der Waals surface area contributed by atoms with E-state index in [0.717, 1.165) is 35.7 Å². The van der Waals surface area contributed by atoms with Crippen LogP contribution < -0.4 is 0 Å². The number of aromatic nitrogens is 1. The van der Waals surface area contributed by atoms with Gasteiger partial charge < -0.3 is 4.57 Å². The van der Waals surface area contributed by atoms with Gasteiger partial charge in [0.2, 0.25) is 0 Å². The third-order valence-electron chi connectivity index (χ3n) is 4.20. The molecule has 3 rings (SSSR count). The molecule has 5 heteroatoms. The number of ketones is 1. The first-order valence-electron chi connectivity index (χ1n) is 8.25. The lowest BCUT2D eigenvalue weighted by molar-refractivity contribution is 0.102. The van der Waals surface area contributed by atoms with Crippen molar-refractivity contribution in [2.24, 2.45) is 5.92 Å². The number of hydrogen-bond donors (Lipinski definition) is 0. The van der Waals surface area contributed by atoms with Crippen LogP contribution in [0.2, 0.25) is 0 Å². The molecule has 0 unspecified atom stereocenters. The zero-order chi connectivity index (χ0) is 18.2. The summed E-state index contributed by atoms with van der Waals surface area (Å²) in [6, 6.07) is 13.3. The van der Waals surface area contributed by atoms with Gasteiger partial charge >= 0.3 is 0 Å². The van der Waals surface area contributed by atoms with E-state index in [4.69, 9.17) is 10.5 Å². The predicted octanol–water partition coefficient (Wildman–Crippen LogP) is 4.94. The Kier molecular flexibility index (Phi) is 6.98. The number of nitrogens with zero attached hydrogens (tertiary/aromatic N) is 3. The van der Waals surface area contributed by atoms with Crippen LogP contribution in [0.25, 0.3) is 5.69 Å². The monoisotopic (exact) mass is 397 g/mol. The third-order valence-corrected chi connectivity index (χ3v) is 4.71. The molecule has 0 bridgehead atoms. The zero-order valence-corrected chi connectivity index (χ0v) is 15.8. The molecule has 1 aliphatic rings. The van der Waals surface area contributed by atoms with Crippen molar-refractivity contribution < 1.29 is 4.79 Å². The summed E-state index contributed by atoms with van der Waals surface area (Å²) < 4.78 is 1.94. The summed E-state index contributed by atoms with van der Waals surface area (Å²) >= 11 is 3.18. The Morgan fingerprint density at radius 1 is 1.24 bits per heavy atom. The van der Waals surface area contributed by atoms with Crippen LogP contribution in [0.4, 0.5) is 0 Å². The first kappa shape index (κ1) is 19.0. The van der Waals surface area contributed by atoms with Gasteiger partial charge in [0.1, 0.15) is 0 Å². The molecule has 1 aliphatic carbocycles. The summed E-state index contributed by atoms with van der Waals surface area (Å²) in [4.78, 5) is 11.7. The Hall–Kier alpha value is -2.37. The highest BCUT2D eigenvalue weighted by Crippen LogP contribution is 2.33. The van der Waals surface area contributed by atoms with E-state index in [2.05, 4.69) is 28.1 Å². The number of halogens is 1. The average Bonchev–Trinajstić information content (AvgIpc) is 3.40. The fourth-order valence-electron chi connectivity index (χ4n) is 2.53. The normalized spacial score (nSPS) is 12.5. The van der Waals surface area contributed by atoms with Crippen molar-refractivity contribution in [2.75, 3.05) is 5.33 Å². The Bertz CT molecular complexity index is 805. The molecule has 1 aromatic carbocycles. The van der Waals surface area contributed by atoms with Crippen LogP contribution in [0.5, 0.6) is 0 Å². The molecule has 1 heterocycles. The van der Waals surface area contributed by atoms with Crippen LogP contribution in [0.15, 0.2) is 36.5 Å². The van der Waals surface area contributed by atoms with E-state index in [1.807, 2.05) is 35.9 Å². The number of Topliss-reactive ketones (excluding diaryl/α,β-unsaturated/α-hetero) is 1. The van der Waals surface area contributed by atoms with Crippen LogP contribution in [0.3, 0.4) is 0 Å². The highest BCUT2D eigenvalue weighted by atomic mass is 79.9. The van der Waals surface area contributed by atoms with Crippen LogP contribution in [-0.2, 0) is 0 Å². The molecule has 1 aromatic heterocycles. The van der Waals surface area contributed by atoms with E-state index in [9.17, 15) is 4.79 Å². The van der Waals surface area contributed by atoms with E-state index in [1.165, 1.54) is 12.8 Å². The lowest BCUT2D eigenvalue weighted by Gasteiger charge is -2.07. The van der Waals surface area contributed by atoms with Crippen molar-refractivity contribution >= 4 is 21.7 Å². The molecule has 1 saturated carbocycles. The van der Waals surface area contributed by atoms with Gasteiger partial charge in [0.05, 0.1) is 23.0 Å². The quantitative estimate of drug-likeness (QED) is 0.529. The molecule has 1 fully saturated rings. The molecule has 4 nitrogen and oxygen atoms in total. The van der Waals surface area contributed by atoms with E-state index in [-0.39, 0.29) is 5.78 Å². The van der Waals surface area contributed by atoms with Gasteiger partial charge in [0, 0.05) is 29.6 Å². The Labute approximate surface area is 156 Å². The minimum atomic E-state index is 0.0693. The van der Waals surface area contributed by atoms with Gasteiger partial charge in [-0.05, 0) is 49.6 Å². The van der Waals surface area contributed by atoms with Crippen molar-refractivity contribution in [2.45, 2.75) is 32.6 Å². The van der Waals surface area contributed by atoms with Crippen molar-refractivity contribution in [1.82, 2.24) is 4.57 Å². The second kappa shape index (κ2) is 9.20. The summed E-state index contributed by atoms with van der Waals surface area (Å²) in [5.41, 5.74) is 3.20. The zero-order valence-electron chi connectivity index (χ0n) is 14.2. The number of benzene rings is 1. The maximum absolute atomic E-state index is 11.7. The maximum Gasteiger partial charge on any atom is 0.175 e. The summed E-state index contributed by atoms with van der Waals surface area (Å²) in [6.07, 6.45) is 6.54. The fourth-order valence-corrected chi connectivity index (χ4v) is 2.83. The summed E-state index contributed by atoms with van der Waals surface area (Å²) in [5.74, 6) is 1.000. The van der Waals surface area contributed by atoms with E-state index >= 15 is 0 Å². The number of carbonyl (C=O) groups is 1. The maximum atomic E-state index is 11.7. The van der Waals surface area contributed by atoms with Crippen molar-refractivity contribution in [3.63, 3.8) is 0 Å². The van der Waals surface area contributed by atoms with Crippen molar-refractivity contribution in [3.05, 3.63) is 53.3 Å². The number of rotatable bonds is 5. The summed E-state index contributed by atoms with van der Waals surface area (Å²) in [6.45, 7) is 1.91. The highest BCUT2D eigenvalue weighted by Gasteiger charge is 2.19. The van der Waals surface area contributed by atoms with Gasteiger partial charge in [0.15, 0.2) is 5.78 Å². The number of alkyl halides is 1. The third kappa shape index (κ3) is 5.31. The molecular formula is C20H20BrN3O. The number of carbonyl (C=O) groups excluding carboxylic acids is 1. The molecule has 0 saturated heterocycles. The molecule has 0 amide bonds. The van der Waals surface area contributed by atoms with E-state index < -0.39 is 0 Å². The van der Waals surface area contributed by atoms with Gasteiger partial charge in [0.25, 0.3) is 0 Å². The lowest BCUT2D eigenvalue weighted by Crippen LogP contribution is -2.03. The molecule has 0 N–H and O–H groups in total. The molecule has 0 radical (unpaired) electrons. The van der Waals surface area contributed by atoms with Crippen molar-refractivity contribution in [3.8, 4) is 17.8 Å². The average molecular weight is 398 g/mol. The molecule has 0 spiro atoms. The molecular weight excluding hydrogens is 378 g/mol. The Balaban J connectivity index is 0.000000269. The second-order valence-electron chi connectivity index (χ2n) is 6.04. The molecule has 0 atom stereocenters. The van der Waals surface area contributed by atoms with Crippen LogP contribution in [-0.4, -0.2) is 15.7 Å². The Morgan fingerprint density at radius 2 is 1.92 bits per heavy atom. The van der Waals surface area contributed by atoms with E-state index in [1.54, 1.807) is 12.1 Å². The van der Waals surface area contributed by atoms with Gasteiger partial charge in [-0.2, -0.15) is 10.5 Å². The molecule has 128 valence electrons. The molecule has 25 heavy (non-hydrogen) atoms. The second-order valence-corrected chi connectivity index (χ2v) is 6.60. The van der Waals surface area contributed by atoms with Crippen LogP contribution >= 0.6 is 15.9 Å². The molecule has 2 aromatic rings. The van der Waals surface area contributed by atoms with Gasteiger partial charge in [-0.15, -0.1) is 0 Å². The van der Waals surface area contributed by atoms with Crippen molar-refractivity contribution in [1.29, 1.82) is 10.5 Å². The van der Waals surface area contributed by atoms with Gasteiger partial charge in [-0.1, -0.05) is 28.8 Å². The highest BCUT2D eigenvalue weighted by molar-refractivity contribution is 9.09. The smallest absolute Gasteiger partial charge is 0.175 e. The molecule has 0 aliphatic heterocycles. The number of nitriles is 2. The Morgan fingerprint density at radius 3 is 2.44 bits per heavy atom. The topological polar surface area (TPSA) is 69.6 Å². The van der Waals surface area contributed by atoms with Gasteiger partial charge in [-0.25, -0.2) is 0 Å². The van der Waals surface area contributed by atoms with E-state index in [0.29, 0.717) is 10.9 Å². The van der Waals surface area contributed by atoms with Gasteiger partial charge in [-0.3, -0.25) is 4.79 Å². The minimum absolute atomic E-state index is 0.0693. The standard InChI is InChI=1S/C14H11BrN2O.C6H9N/c1-10-13(14(18)8-15)6-7-17(10)12-4-2-11(9-16)3-5-12;7-5-1-2-6-3-4-6/h2-7H,8H2,1H3;6H,1-4H2. The number of hydrogen-bond acceptors (Lipinski definition) is 3. The first-order valence-corrected chi connectivity index (χ1v) is 9.37. The summed E-state index contributed by atoms with van der Waals surface area (Å²) in [7, 11) is 0. The fraction of sp³-hybridized carbons (Fsp3) is 0.350. The first-order chi connectivity index (χ1) is 12.1. The summed E-state index contributed by atoms with van der Waals surface area (Å²) in [5, 5.41) is 17.2.